The maximum Gasteiger partial charge on any atom is 0.264 e. The number of amides is 1. The molecule has 0 aliphatic heterocycles. The fourth-order valence-electron chi connectivity index (χ4n) is 2.60. The second kappa shape index (κ2) is 7.97. The van der Waals surface area contributed by atoms with Crippen molar-refractivity contribution >= 4 is 28.5 Å². The third-order valence-corrected chi connectivity index (χ3v) is 4.04. The van der Waals surface area contributed by atoms with Crippen LogP contribution in [0.1, 0.15) is 12.5 Å². The Morgan fingerprint density at radius 2 is 2.23 bits per heavy atom. The van der Waals surface area contributed by atoms with Gasteiger partial charge in [-0.2, -0.15) is 5.10 Å². The third-order valence-electron chi connectivity index (χ3n) is 3.81. The molecule has 134 valence electrons. The average molecular weight is 372 g/mol. The molecule has 0 unspecified atom stereocenters. The minimum absolute atomic E-state index is 0.166. The zero-order valence-electron chi connectivity index (χ0n) is 14.2. The highest BCUT2D eigenvalue weighted by molar-refractivity contribution is 6.30. The van der Waals surface area contributed by atoms with Crippen molar-refractivity contribution in [2.24, 2.45) is 0 Å². The number of allylic oxidation sites excluding steroid dienone is 1. The molecule has 0 radical (unpaired) electrons. The molecule has 3 aromatic rings. The van der Waals surface area contributed by atoms with E-state index in [2.05, 4.69) is 15.4 Å². The Hall–Kier alpha value is -2.93. The van der Waals surface area contributed by atoms with Crippen molar-refractivity contribution in [1.82, 2.24) is 24.6 Å². The van der Waals surface area contributed by atoms with Gasteiger partial charge >= 0.3 is 0 Å². The van der Waals surface area contributed by atoms with E-state index in [0.717, 1.165) is 5.56 Å². The van der Waals surface area contributed by atoms with Gasteiger partial charge in [-0.05, 0) is 30.7 Å². The van der Waals surface area contributed by atoms with Crippen LogP contribution in [-0.2, 0) is 17.9 Å². The van der Waals surface area contributed by atoms with Crippen LogP contribution in [0.2, 0.25) is 5.02 Å². The Labute approximate surface area is 154 Å². The van der Waals surface area contributed by atoms with Crippen LogP contribution in [0.15, 0.2) is 53.7 Å². The van der Waals surface area contributed by atoms with Crippen LogP contribution in [0.25, 0.3) is 11.0 Å². The molecule has 0 aliphatic rings. The van der Waals surface area contributed by atoms with Crippen LogP contribution in [-0.4, -0.2) is 31.8 Å². The van der Waals surface area contributed by atoms with Gasteiger partial charge in [-0.25, -0.2) is 9.67 Å². The lowest BCUT2D eigenvalue weighted by atomic mass is 10.2. The second-order valence-corrected chi connectivity index (χ2v) is 6.14. The van der Waals surface area contributed by atoms with Gasteiger partial charge < -0.3 is 5.32 Å². The Kier molecular flexibility index (Phi) is 5.48. The van der Waals surface area contributed by atoms with Crippen molar-refractivity contribution < 1.29 is 4.79 Å². The molecular formula is C18H18ClN5O2. The third kappa shape index (κ3) is 4.00. The molecule has 0 saturated heterocycles. The van der Waals surface area contributed by atoms with E-state index in [-0.39, 0.29) is 11.5 Å². The first-order valence-electron chi connectivity index (χ1n) is 8.14. The van der Waals surface area contributed by atoms with Crippen molar-refractivity contribution in [2.75, 3.05) is 6.54 Å². The fraction of sp³-hybridized carbons (Fsp3) is 0.222. The first-order valence-corrected chi connectivity index (χ1v) is 8.52. The van der Waals surface area contributed by atoms with Gasteiger partial charge in [0, 0.05) is 11.6 Å². The van der Waals surface area contributed by atoms with Gasteiger partial charge in [0.05, 0.1) is 19.3 Å². The largest absolute Gasteiger partial charge is 0.351 e. The van der Waals surface area contributed by atoms with Gasteiger partial charge in [0.15, 0.2) is 5.65 Å². The zero-order valence-corrected chi connectivity index (χ0v) is 15.0. The monoisotopic (exact) mass is 371 g/mol. The molecule has 0 bridgehead atoms. The summed E-state index contributed by atoms with van der Waals surface area (Å²) in [5.74, 6) is -0.166. The van der Waals surface area contributed by atoms with E-state index in [1.165, 1.54) is 23.2 Å². The van der Waals surface area contributed by atoms with Gasteiger partial charge in [-0.1, -0.05) is 29.8 Å². The fourth-order valence-corrected chi connectivity index (χ4v) is 2.81. The predicted octanol–water partition coefficient (Wildman–Crippen LogP) is 1.99. The molecule has 1 N–H and O–H groups in total. The lowest BCUT2D eigenvalue weighted by Crippen LogP contribution is -2.26. The smallest absolute Gasteiger partial charge is 0.264 e. The number of carbonyl (C=O) groups is 1. The van der Waals surface area contributed by atoms with Crippen LogP contribution in [0, 0.1) is 0 Å². The van der Waals surface area contributed by atoms with Crippen molar-refractivity contribution in [3.05, 3.63) is 69.9 Å². The molecule has 1 aromatic carbocycles. The SMILES string of the molecule is C/C=C\C(=O)NCCn1ncc2c(=O)n(Cc3cccc(Cl)c3)cnc21. The molecule has 0 atom stereocenters. The molecule has 7 nitrogen and oxygen atoms in total. The molecule has 0 saturated carbocycles. The number of rotatable bonds is 6. The number of nitrogens with zero attached hydrogens (tertiary/aromatic N) is 4. The van der Waals surface area contributed by atoms with Crippen molar-refractivity contribution in [1.29, 1.82) is 0 Å². The Balaban J connectivity index is 1.78. The van der Waals surface area contributed by atoms with E-state index in [9.17, 15) is 9.59 Å². The number of aromatic nitrogens is 4. The first-order chi connectivity index (χ1) is 12.6. The lowest BCUT2D eigenvalue weighted by molar-refractivity contribution is -0.116. The number of hydrogen-bond acceptors (Lipinski definition) is 4. The zero-order chi connectivity index (χ0) is 18.5. The van der Waals surface area contributed by atoms with Crippen molar-refractivity contribution in [2.45, 2.75) is 20.0 Å². The van der Waals surface area contributed by atoms with Crippen molar-refractivity contribution in [3.8, 4) is 0 Å². The summed E-state index contributed by atoms with van der Waals surface area (Å²) in [5, 5.41) is 8.01. The minimum atomic E-state index is -0.167. The number of carbonyl (C=O) groups excluding carboxylic acids is 1. The number of halogens is 1. The van der Waals surface area contributed by atoms with E-state index in [0.29, 0.717) is 35.7 Å². The van der Waals surface area contributed by atoms with Crippen LogP contribution >= 0.6 is 11.6 Å². The topological polar surface area (TPSA) is 81.8 Å². The molecule has 2 aromatic heterocycles. The number of fused-ring (bicyclic) bond motifs is 1. The van der Waals surface area contributed by atoms with Crippen LogP contribution in [0.5, 0.6) is 0 Å². The second-order valence-electron chi connectivity index (χ2n) is 5.70. The standard InChI is InChI=1S/C18H18ClN5O2/c1-2-4-16(25)20-7-8-24-17-15(10-22-24)18(26)23(12-21-17)11-13-5-3-6-14(19)9-13/h2-6,9-10,12H,7-8,11H2,1H3,(H,20,25)/b4-2-. The Morgan fingerprint density at radius 1 is 1.38 bits per heavy atom. The number of hydrogen-bond donors (Lipinski definition) is 1. The van der Waals surface area contributed by atoms with Gasteiger partial charge in [0.2, 0.25) is 5.91 Å². The van der Waals surface area contributed by atoms with Crippen molar-refractivity contribution in [3.63, 3.8) is 0 Å². The summed E-state index contributed by atoms with van der Waals surface area (Å²) in [6, 6.07) is 7.34. The van der Waals surface area contributed by atoms with Crippen LogP contribution in [0.3, 0.4) is 0 Å². The normalized spacial score (nSPS) is 11.3. The van der Waals surface area contributed by atoms with Gasteiger partial charge in [0.25, 0.3) is 5.56 Å². The molecule has 3 rings (SSSR count). The highest BCUT2D eigenvalue weighted by Gasteiger charge is 2.10. The van der Waals surface area contributed by atoms with Crippen LogP contribution in [0.4, 0.5) is 0 Å². The summed E-state index contributed by atoms with van der Waals surface area (Å²) >= 11 is 5.99. The van der Waals surface area contributed by atoms with E-state index >= 15 is 0 Å². The Morgan fingerprint density at radius 3 is 3.00 bits per heavy atom. The maximum atomic E-state index is 12.7. The molecule has 26 heavy (non-hydrogen) atoms. The summed E-state index contributed by atoms with van der Waals surface area (Å²) in [6.07, 6.45) is 6.13. The lowest BCUT2D eigenvalue weighted by Gasteiger charge is -2.07. The molecular weight excluding hydrogens is 354 g/mol. The van der Waals surface area contributed by atoms with E-state index < -0.39 is 0 Å². The average Bonchev–Trinajstić information content (AvgIpc) is 3.02. The van der Waals surface area contributed by atoms with Crippen LogP contribution < -0.4 is 10.9 Å². The molecule has 1 amide bonds. The highest BCUT2D eigenvalue weighted by Crippen LogP contribution is 2.12. The number of benzene rings is 1. The molecule has 0 spiro atoms. The summed E-state index contributed by atoms with van der Waals surface area (Å²) in [4.78, 5) is 28.4. The van der Waals surface area contributed by atoms with Gasteiger partial charge in [-0.3, -0.25) is 14.2 Å². The van der Waals surface area contributed by atoms with E-state index in [1.54, 1.807) is 23.7 Å². The quantitative estimate of drug-likeness (QED) is 0.672. The summed E-state index contributed by atoms with van der Waals surface area (Å²) in [6.45, 7) is 2.98. The molecule has 2 heterocycles. The highest BCUT2D eigenvalue weighted by atomic mass is 35.5. The van der Waals surface area contributed by atoms with Gasteiger partial charge in [0.1, 0.15) is 11.7 Å². The summed E-state index contributed by atoms with van der Waals surface area (Å²) in [7, 11) is 0. The summed E-state index contributed by atoms with van der Waals surface area (Å²) in [5.41, 5.74) is 1.25. The van der Waals surface area contributed by atoms with E-state index in [4.69, 9.17) is 11.6 Å². The molecule has 8 heteroatoms. The number of nitrogens with one attached hydrogen (secondary N) is 1. The predicted molar refractivity (Wildman–Crippen MR) is 100 cm³/mol. The summed E-state index contributed by atoms with van der Waals surface area (Å²) < 4.78 is 3.13. The first kappa shape index (κ1) is 17.9. The Bertz CT molecular complexity index is 1020. The van der Waals surface area contributed by atoms with E-state index in [1.807, 2.05) is 18.2 Å². The van der Waals surface area contributed by atoms with Gasteiger partial charge in [-0.15, -0.1) is 0 Å². The minimum Gasteiger partial charge on any atom is -0.351 e. The maximum absolute atomic E-state index is 12.7. The molecule has 0 fully saturated rings. The molecule has 0 aliphatic carbocycles.